The molecule has 1 aromatic heterocycles. The summed E-state index contributed by atoms with van der Waals surface area (Å²) in [6.07, 6.45) is 2.34. The van der Waals surface area contributed by atoms with Gasteiger partial charge in [0.05, 0.1) is 11.1 Å². The highest BCUT2D eigenvalue weighted by Gasteiger charge is 2.33. The predicted octanol–water partition coefficient (Wildman–Crippen LogP) is 3.74. The molecule has 0 saturated carbocycles. The number of carbonyl (C=O) groups is 1. The van der Waals surface area contributed by atoms with E-state index in [9.17, 15) is 9.59 Å². The first-order valence-corrected chi connectivity index (χ1v) is 13.3. The molecule has 4 heterocycles. The molecule has 2 N–H and O–H groups in total. The molecular weight excluding hydrogens is 497 g/mol. The van der Waals surface area contributed by atoms with E-state index in [1.54, 1.807) is 21.7 Å². The van der Waals surface area contributed by atoms with Crippen molar-refractivity contribution in [3.8, 4) is 17.2 Å². The van der Waals surface area contributed by atoms with Crippen LogP contribution < -0.4 is 25.7 Å². The number of rotatable bonds is 3. The van der Waals surface area contributed by atoms with Crippen LogP contribution in [0.15, 0.2) is 71.7 Å². The van der Waals surface area contributed by atoms with Gasteiger partial charge in [-0.1, -0.05) is 30.3 Å². The lowest BCUT2D eigenvalue weighted by Crippen LogP contribution is -2.49. The standard InChI is InChI=1S/C30H28FN5O3/c31-23-16-21-26-29(27(23)35-11-10-19(32)17-35)39-25-9-5-4-8-24(25)36(26)18-22(28(21)37)30(38)34-14-12-33(13-15-34)20-6-2-1-3-7-20/h1-9,16,18-19H,10-15,17,32H2. The van der Waals surface area contributed by atoms with Crippen molar-refractivity contribution in [1.29, 1.82) is 0 Å². The summed E-state index contributed by atoms with van der Waals surface area (Å²) in [4.78, 5) is 33.3. The zero-order valence-corrected chi connectivity index (χ0v) is 21.3. The van der Waals surface area contributed by atoms with E-state index in [1.165, 1.54) is 6.07 Å². The number of benzene rings is 3. The maximum atomic E-state index is 15.7. The second-order valence-electron chi connectivity index (χ2n) is 10.4. The van der Waals surface area contributed by atoms with E-state index in [4.69, 9.17) is 10.5 Å². The van der Waals surface area contributed by atoms with Crippen molar-refractivity contribution in [3.63, 3.8) is 0 Å². The number of nitrogens with zero attached hydrogens (tertiary/aromatic N) is 4. The summed E-state index contributed by atoms with van der Waals surface area (Å²) in [6, 6.07) is 18.6. The molecule has 1 amide bonds. The summed E-state index contributed by atoms with van der Waals surface area (Å²) >= 11 is 0. The Morgan fingerprint density at radius 2 is 1.69 bits per heavy atom. The second-order valence-corrected chi connectivity index (χ2v) is 10.4. The summed E-state index contributed by atoms with van der Waals surface area (Å²) in [5.74, 6) is -0.0971. The number of para-hydroxylation sites is 3. The largest absolute Gasteiger partial charge is 0.451 e. The normalized spacial score (nSPS) is 18.3. The molecule has 39 heavy (non-hydrogen) atoms. The number of pyridine rings is 1. The summed E-state index contributed by atoms with van der Waals surface area (Å²) < 4.78 is 23.8. The third-order valence-electron chi connectivity index (χ3n) is 7.97. The summed E-state index contributed by atoms with van der Waals surface area (Å²) in [7, 11) is 0. The van der Waals surface area contributed by atoms with Crippen molar-refractivity contribution < 1.29 is 13.9 Å². The van der Waals surface area contributed by atoms with Crippen LogP contribution in [0.25, 0.3) is 16.6 Å². The molecule has 1 unspecified atom stereocenters. The van der Waals surface area contributed by atoms with E-state index in [0.29, 0.717) is 61.9 Å². The van der Waals surface area contributed by atoms with Crippen LogP contribution in [0.1, 0.15) is 16.8 Å². The molecule has 3 aliphatic rings. The lowest BCUT2D eigenvalue weighted by molar-refractivity contribution is 0.0745. The third-order valence-corrected chi connectivity index (χ3v) is 7.97. The van der Waals surface area contributed by atoms with Gasteiger partial charge in [0.25, 0.3) is 5.91 Å². The second kappa shape index (κ2) is 9.13. The first-order chi connectivity index (χ1) is 19.0. The van der Waals surface area contributed by atoms with Crippen LogP contribution in [0.4, 0.5) is 15.8 Å². The van der Waals surface area contributed by atoms with Crippen molar-refractivity contribution in [3.05, 3.63) is 88.5 Å². The molecule has 0 spiro atoms. The van der Waals surface area contributed by atoms with Crippen LogP contribution in [0.3, 0.4) is 0 Å². The highest BCUT2D eigenvalue weighted by atomic mass is 19.1. The van der Waals surface area contributed by atoms with Crippen LogP contribution in [0, 0.1) is 5.82 Å². The van der Waals surface area contributed by atoms with Gasteiger partial charge < -0.3 is 29.7 Å². The number of aromatic nitrogens is 1. The minimum Gasteiger partial charge on any atom is -0.451 e. The van der Waals surface area contributed by atoms with Crippen molar-refractivity contribution in [2.24, 2.45) is 5.73 Å². The fourth-order valence-electron chi connectivity index (χ4n) is 5.97. The molecule has 4 aromatic rings. The van der Waals surface area contributed by atoms with Gasteiger partial charge in [0, 0.05) is 57.2 Å². The van der Waals surface area contributed by atoms with Gasteiger partial charge in [0.2, 0.25) is 5.43 Å². The van der Waals surface area contributed by atoms with Crippen molar-refractivity contribution in [2.45, 2.75) is 12.5 Å². The molecule has 198 valence electrons. The van der Waals surface area contributed by atoms with E-state index in [1.807, 2.05) is 53.4 Å². The Morgan fingerprint density at radius 3 is 2.44 bits per heavy atom. The van der Waals surface area contributed by atoms with Gasteiger partial charge in [-0.25, -0.2) is 4.39 Å². The Bertz CT molecular complexity index is 1660. The molecule has 2 fully saturated rings. The average Bonchev–Trinajstić information content (AvgIpc) is 3.40. The molecule has 8 nitrogen and oxygen atoms in total. The Morgan fingerprint density at radius 1 is 0.949 bits per heavy atom. The summed E-state index contributed by atoms with van der Waals surface area (Å²) in [6.45, 7) is 3.38. The third kappa shape index (κ3) is 3.84. The number of piperazine rings is 1. The number of hydrogen-bond donors (Lipinski definition) is 1. The van der Waals surface area contributed by atoms with E-state index in [2.05, 4.69) is 4.90 Å². The smallest absolute Gasteiger partial charge is 0.259 e. The highest BCUT2D eigenvalue weighted by Crippen LogP contribution is 2.47. The Kier molecular flexibility index (Phi) is 5.55. The molecule has 2 saturated heterocycles. The first kappa shape index (κ1) is 23.7. The highest BCUT2D eigenvalue weighted by molar-refractivity contribution is 6.01. The Hall–Kier alpha value is -4.37. The van der Waals surface area contributed by atoms with Gasteiger partial charge in [0.15, 0.2) is 17.3 Å². The first-order valence-electron chi connectivity index (χ1n) is 13.3. The number of ether oxygens (including phenoxy) is 1. The van der Waals surface area contributed by atoms with Gasteiger partial charge in [-0.2, -0.15) is 0 Å². The maximum Gasteiger partial charge on any atom is 0.259 e. The molecule has 1 atom stereocenters. The van der Waals surface area contributed by atoms with Gasteiger partial charge in [-0.05, 0) is 36.8 Å². The molecule has 3 aromatic carbocycles. The van der Waals surface area contributed by atoms with Crippen LogP contribution in [0.2, 0.25) is 0 Å². The van der Waals surface area contributed by atoms with Crippen LogP contribution in [0.5, 0.6) is 11.5 Å². The Labute approximate surface area is 224 Å². The fourth-order valence-corrected chi connectivity index (χ4v) is 5.97. The molecule has 0 radical (unpaired) electrons. The van der Waals surface area contributed by atoms with E-state index < -0.39 is 11.2 Å². The van der Waals surface area contributed by atoms with E-state index in [0.717, 1.165) is 12.1 Å². The van der Waals surface area contributed by atoms with Gasteiger partial charge in [-0.3, -0.25) is 9.59 Å². The number of halogens is 1. The molecule has 9 heteroatoms. The SMILES string of the molecule is NC1CCN(c2c(F)cc3c(=O)c(C(=O)N4CCN(c5ccccc5)CC4)cn4c3c2Oc2ccccc2-4)C1. The predicted molar refractivity (Wildman–Crippen MR) is 149 cm³/mol. The minimum absolute atomic E-state index is 0.0219. The number of amides is 1. The minimum atomic E-state index is -0.560. The Balaban J connectivity index is 1.32. The molecular formula is C30H28FN5O3. The van der Waals surface area contributed by atoms with Crippen LogP contribution in [-0.4, -0.2) is 60.7 Å². The van der Waals surface area contributed by atoms with E-state index in [-0.39, 0.29) is 28.6 Å². The maximum absolute atomic E-state index is 15.7. The molecule has 3 aliphatic heterocycles. The zero-order valence-electron chi connectivity index (χ0n) is 21.3. The van der Waals surface area contributed by atoms with E-state index >= 15 is 4.39 Å². The number of fused-ring (bicyclic) bond motifs is 2. The summed E-state index contributed by atoms with van der Waals surface area (Å²) in [5.41, 5.74) is 8.20. The monoisotopic (exact) mass is 525 g/mol. The lowest BCUT2D eigenvalue weighted by Gasteiger charge is -2.36. The number of anilines is 2. The van der Waals surface area contributed by atoms with Gasteiger partial charge in [-0.15, -0.1) is 0 Å². The summed E-state index contributed by atoms with van der Waals surface area (Å²) in [5, 5.41) is 0.123. The lowest BCUT2D eigenvalue weighted by atomic mass is 10.0. The van der Waals surface area contributed by atoms with Gasteiger partial charge >= 0.3 is 0 Å². The average molecular weight is 526 g/mol. The quantitative estimate of drug-likeness (QED) is 0.387. The fraction of sp³-hybridized carbons (Fsp3) is 0.267. The molecule has 7 rings (SSSR count). The topological polar surface area (TPSA) is 84.0 Å². The van der Waals surface area contributed by atoms with Crippen molar-refractivity contribution in [2.75, 3.05) is 49.1 Å². The number of hydrogen-bond acceptors (Lipinski definition) is 6. The zero-order chi connectivity index (χ0) is 26.7. The van der Waals surface area contributed by atoms with Crippen LogP contribution in [-0.2, 0) is 0 Å². The van der Waals surface area contributed by atoms with Crippen molar-refractivity contribution in [1.82, 2.24) is 9.47 Å². The molecule has 0 bridgehead atoms. The number of nitrogens with two attached hydrogens (primary N) is 1. The van der Waals surface area contributed by atoms with Gasteiger partial charge in [0.1, 0.15) is 16.8 Å². The van der Waals surface area contributed by atoms with Crippen LogP contribution >= 0.6 is 0 Å². The molecule has 0 aliphatic carbocycles. The number of carbonyl (C=O) groups excluding carboxylic acids is 1. The van der Waals surface area contributed by atoms with Crippen molar-refractivity contribution >= 4 is 28.2 Å².